The van der Waals surface area contributed by atoms with Gasteiger partial charge in [0, 0.05) is 25.0 Å². The molecule has 4 nitrogen and oxygen atoms in total. The van der Waals surface area contributed by atoms with Gasteiger partial charge in [-0.15, -0.1) is 0 Å². The Bertz CT molecular complexity index is 652. The summed E-state index contributed by atoms with van der Waals surface area (Å²) in [6.07, 6.45) is -3.24. The van der Waals surface area contributed by atoms with Crippen LogP contribution < -0.4 is 10.6 Å². The molecule has 1 aromatic carbocycles. The van der Waals surface area contributed by atoms with Crippen molar-refractivity contribution in [1.29, 1.82) is 0 Å². The van der Waals surface area contributed by atoms with Crippen LogP contribution in [0.3, 0.4) is 0 Å². The van der Waals surface area contributed by atoms with Gasteiger partial charge in [0.15, 0.2) is 0 Å². The van der Waals surface area contributed by atoms with E-state index in [-0.39, 0.29) is 11.9 Å². The third-order valence-corrected chi connectivity index (χ3v) is 3.57. The molecule has 2 N–H and O–H groups in total. The van der Waals surface area contributed by atoms with Gasteiger partial charge in [-0.25, -0.2) is 4.98 Å². The van der Waals surface area contributed by atoms with Crippen molar-refractivity contribution in [3.05, 3.63) is 53.7 Å². The van der Waals surface area contributed by atoms with Crippen LogP contribution >= 0.6 is 0 Å². The van der Waals surface area contributed by atoms with Crippen LogP contribution in [0.5, 0.6) is 0 Å². The highest BCUT2D eigenvalue weighted by Crippen LogP contribution is 2.30. The van der Waals surface area contributed by atoms with Crippen LogP contribution in [-0.2, 0) is 10.9 Å². The number of rotatable bonds is 3. The third kappa shape index (κ3) is 4.00. The second-order valence-corrected chi connectivity index (χ2v) is 5.24. The molecule has 0 bridgehead atoms. The molecule has 2 heterocycles. The summed E-state index contributed by atoms with van der Waals surface area (Å²) in [5.74, 6) is 0.156. The van der Waals surface area contributed by atoms with Crippen molar-refractivity contribution in [2.24, 2.45) is 0 Å². The van der Waals surface area contributed by atoms with Crippen molar-refractivity contribution < 1.29 is 17.9 Å². The number of nitrogens with zero attached hydrogens (tertiary/aromatic N) is 1. The van der Waals surface area contributed by atoms with Gasteiger partial charge >= 0.3 is 6.18 Å². The largest absolute Gasteiger partial charge is 0.416 e. The molecule has 0 amide bonds. The predicted molar refractivity (Wildman–Crippen MR) is 80.5 cm³/mol. The summed E-state index contributed by atoms with van der Waals surface area (Å²) in [7, 11) is 0. The minimum Gasteiger partial charge on any atom is -0.371 e. The molecule has 1 fully saturated rings. The third-order valence-electron chi connectivity index (χ3n) is 3.57. The van der Waals surface area contributed by atoms with Crippen LogP contribution in [0.25, 0.3) is 0 Å². The molecule has 0 radical (unpaired) electrons. The van der Waals surface area contributed by atoms with Crippen molar-refractivity contribution in [3.63, 3.8) is 0 Å². The van der Waals surface area contributed by atoms with Crippen molar-refractivity contribution in [2.45, 2.75) is 12.3 Å². The first-order chi connectivity index (χ1) is 11.0. The summed E-state index contributed by atoms with van der Waals surface area (Å²) in [5.41, 5.74) is 0.970. The number of morpholine rings is 1. The van der Waals surface area contributed by atoms with Crippen molar-refractivity contribution in [1.82, 2.24) is 10.3 Å². The number of aromatic nitrogens is 1. The van der Waals surface area contributed by atoms with Gasteiger partial charge in [0.25, 0.3) is 0 Å². The van der Waals surface area contributed by atoms with E-state index < -0.39 is 11.7 Å². The Balaban J connectivity index is 1.71. The van der Waals surface area contributed by atoms with Gasteiger partial charge in [0.1, 0.15) is 5.82 Å². The number of ether oxygens (including phenoxy) is 1. The smallest absolute Gasteiger partial charge is 0.371 e. The molecule has 122 valence electrons. The summed E-state index contributed by atoms with van der Waals surface area (Å²) in [4.78, 5) is 3.91. The Morgan fingerprint density at radius 1 is 1.17 bits per heavy atom. The van der Waals surface area contributed by atoms with Gasteiger partial charge in [-0.05, 0) is 29.8 Å². The molecule has 1 aromatic heterocycles. The summed E-state index contributed by atoms with van der Waals surface area (Å²) in [6.45, 7) is 2.26. The van der Waals surface area contributed by atoms with E-state index in [1.54, 1.807) is 12.1 Å². The molecule has 7 heteroatoms. The molecule has 3 rings (SSSR count). The van der Waals surface area contributed by atoms with E-state index in [4.69, 9.17) is 4.74 Å². The molecular formula is C16H16F3N3O. The Labute approximate surface area is 131 Å². The summed E-state index contributed by atoms with van der Waals surface area (Å²) in [5, 5.41) is 6.13. The molecule has 0 aliphatic carbocycles. The fourth-order valence-corrected chi connectivity index (χ4v) is 2.38. The van der Waals surface area contributed by atoms with E-state index in [9.17, 15) is 13.2 Å². The lowest BCUT2D eigenvalue weighted by atomic mass is 10.1. The van der Waals surface area contributed by atoms with Gasteiger partial charge in [0.05, 0.1) is 18.3 Å². The minimum atomic E-state index is -4.38. The highest BCUT2D eigenvalue weighted by Gasteiger charge is 2.30. The number of pyridine rings is 1. The van der Waals surface area contributed by atoms with Crippen LogP contribution in [0, 0.1) is 0 Å². The van der Waals surface area contributed by atoms with Crippen molar-refractivity contribution in [3.8, 4) is 0 Å². The van der Waals surface area contributed by atoms with E-state index >= 15 is 0 Å². The molecule has 0 spiro atoms. The first-order valence-corrected chi connectivity index (χ1v) is 7.25. The average Bonchev–Trinajstić information content (AvgIpc) is 2.56. The Morgan fingerprint density at radius 2 is 1.96 bits per heavy atom. The quantitative estimate of drug-likeness (QED) is 0.907. The van der Waals surface area contributed by atoms with E-state index in [0.29, 0.717) is 12.3 Å². The maximum Gasteiger partial charge on any atom is 0.416 e. The summed E-state index contributed by atoms with van der Waals surface area (Å²) < 4.78 is 43.7. The fourth-order valence-electron chi connectivity index (χ4n) is 2.38. The topological polar surface area (TPSA) is 46.2 Å². The molecule has 2 aromatic rings. The Morgan fingerprint density at radius 3 is 2.61 bits per heavy atom. The minimum absolute atomic E-state index is 0.00415. The predicted octanol–water partition coefficient (Wildman–Crippen LogP) is 3.50. The average molecular weight is 323 g/mol. The van der Waals surface area contributed by atoms with E-state index in [2.05, 4.69) is 15.6 Å². The first-order valence-electron chi connectivity index (χ1n) is 7.25. The Kier molecular flexibility index (Phi) is 4.49. The van der Waals surface area contributed by atoms with E-state index in [1.165, 1.54) is 0 Å². The molecule has 0 saturated carbocycles. The number of hydrogen-bond acceptors (Lipinski definition) is 4. The van der Waals surface area contributed by atoms with Gasteiger partial charge in [-0.1, -0.05) is 12.1 Å². The normalized spacial score (nSPS) is 18.7. The first kappa shape index (κ1) is 15.8. The van der Waals surface area contributed by atoms with E-state index in [0.717, 1.165) is 37.0 Å². The van der Waals surface area contributed by atoms with Gasteiger partial charge in [-0.2, -0.15) is 13.2 Å². The molecule has 1 atom stereocenters. The lowest BCUT2D eigenvalue weighted by Crippen LogP contribution is -2.33. The van der Waals surface area contributed by atoms with Crippen LogP contribution in [-0.4, -0.2) is 24.7 Å². The van der Waals surface area contributed by atoms with Crippen LogP contribution in [0.15, 0.2) is 42.6 Å². The standard InChI is InChI=1S/C16H16F3N3O/c17-16(18,19)12-5-6-21-15(9-12)22-13-3-1-11(2-4-13)14-10-20-7-8-23-14/h1-6,9,14,20H,7-8,10H2,(H,21,22)/t14-/m1/s1. The van der Waals surface area contributed by atoms with E-state index in [1.807, 2.05) is 12.1 Å². The van der Waals surface area contributed by atoms with Crippen LogP contribution in [0.1, 0.15) is 17.2 Å². The maximum absolute atomic E-state index is 12.7. The van der Waals surface area contributed by atoms with Crippen molar-refractivity contribution in [2.75, 3.05) is 25.0 Å². The number of benzene rings is 1. The number of alkyl halides is 3. The Hall–Kier alpha value is -2.12. The molecule has 23 heavy (non-hydrogen) atoms. The lowest BCUT2D eigenvalue weighted by molar-refractivity contribution is -0.137. The van der Waals surface area contributed by atoms with Gasteiger partial charge < -0.3 is 15.4 Å². The molecule has 1 saturated heterocycles. The molecule has 1 aliphatic heterocycles. The molecule has 1 aliphatic rings. The molecular weight excluding hydrogens is 307 g/mol. The summed E-state index contributed by atoms with van der Waals surface area (Å²) in [6, 6.07) is 9.33. The van der Waals surface area contributed by atoms with Gasteiger partial charge in [-0.3, -0.25) is 0 Å². The maximum atomic E-state index is 12.7. The summed E-state index contributed by atoms with van der Waals surface area (Å²) >= 11 is 0. The second-order valence-electron chi connectivity index (χ2n) is 5.24. The number of hydrogen-bond donors (Lipinski definition) is 2. The zero-order chi connectivity index (χ0) is 16.3. The lowest BCUT2D eigenvalue weighted by Gasteiger charge is -2.24. The highest BCUT2D eigenvalue weighted by atomic mass is 19.4. The number of halogens is 3. The second kappa shape index (κ2) is 6.55. The van der Waals surface area contributed by atoms with Crippen LogP contribution in [0.2, 0.25) is 0 Å². The van der Waals surface area contributed by atoms with Crippen molar-refractivity contribution >= 4 is 11.5 Å². The zero-order valence-corrected chi connectivity index (χ0v) is 12.2. The SMILES string of the molecule is FC(F)(F)c1ccnc(Nc2ccc([C@H]3CNCCO3)cc2)c1. The number of nitrogens with one attached hydrogen (secondary N) is 2. The van der Waals surface area contributed by atoms with Crippen LogP contribution in [0.4, 0.5) is 24.7 Å². The van der Waals surface area contributed by atoms with Gasteiger partial charge in [0.2, 0.25) is 0 Å². The highest BCUT2D eigenvalue weighted by molar-refractivity contribution is 5.57. The monoisotopic (exact) mass is 323 g/mol. The molecule has 0 unspecified atom stereocenters. The zero-order valence-electron chi connectivity index (χ0n) is 12.2. The fraction of sp³-hybridized carbons (Fsp3) is 0.312. The number of anilines is 2.